The summed E-state index contributed by atoms with van der Waals surface area (Å²) in [5, 5.41) is 15.3. The molecule has 0 aliphatic carbocycles. The summed E-state index contributed by atoms with van der Waals surface area (Å²) in [5.74, 6) is -1.22. The van der Waals surface area contributed by atoms with E-state index >= 15 is 0 Å². The minimum atomic E-state index is -1.20. The Kier molecular flexibility index (Phi) is 12.9. The van der Waals surface area contributed by atoms with E-state index in [9.17, 15) is 24.3 Å². The summed E-state index contributed by atoms with van der Waals surface area (Å²) in [7, 11) is 1.46. The Hall–Kier alpha value is -3.73. The van der Waals surface area contributed by atoms with Crippen molar-refractivity contribution in [3.8, 4) is 5.75 Å². The second-order valence-electron chi connectivity index (χ2n) is 12.2. The Morgan fingerprint density at radius 2 is 1.44 bits per heavy atom. The molecule has 0 fully saturated rings. The zero-order valence-corrected chi connectivity index (χ0v) is 27.1. The van der Waals surface area contributed by atoms with Crippen molar-refractivity contribution in [3.05, 3.63) is 65.7 Å². The Bertz CT molecular complexity index is 1220. The monoisotopic (exact) mass is 615 g/mol. The minimum Gasteiger partial charge on any atom is -0.508 e. The largest absolute Gasteiger partial charge is 0.508 e. The van der Waals surface area contributed by atoms with Gasteiger partial charge in [0, 0.05) is 13.5 Å². The number of hydrogen-bond donors (Lipinski definition) is 3. The number of rotatable bonds is 12. The molecule has 0 aliphatic heterocycles. The van der Waals surface area contributed by atoms with Crippen LogP contribution in [0, 0.1) is 0 Å². The molecule has 0 bridgehead atoms. The lowest BCUT2D eigenvalue weighted by Crippen LogP contribution is -2.54. The Labute approximate surface area is 258 Å². The molecule has 0 radical (unpaired) electrons. The van der Waals surface area contributed by atoms with Gasteiger partial charge in [-0.25, -0.2) is 9.59 Å². The maximum absolute atomic E-state index is 14.0. The van der Waals surface area contributed by atoms with Gasteiger partial charge in [0.1, 0.15) is 35.1 Å². The van der Waals surface area contributed by atoms with Crippen LogP contribution in [-0.2, 0) is 30.3 Å². The third-order valence-electron chi connectivity index (χ3n) is 6.08. The van der Waals surface area contributed by atoms with Crippen molar-refractivity contribution >= 4 is 35.6 Å². The smallest absolute Gasteiger partial charge is 0.408 e. The van der Waals surface area contributed by atoms with E-state index in [4.69, 9.17) is 9.47 Å². The first kappa shape index (κ1) is 35.5. The standard InChI is InChI=1S/C32H45N3O7S/c1-31(2,3)41-29(39)25(20-21-12-10-9-11-13-21)33-27(37)26(22-14-16-23(36)17-15-22)35(7)28(38)24(18-19-43-8)34-30(40)42-32(4,5)6/h9-17,24-26,36H,18-20H2,1-8H3,(H,33,37)(H,34,40). The average Bonchev–Trinajstić information content (AvgIpc) is 2.90. The molecule has 0 aliphatic rings. The van der Waals surface area contributed by atoms with Crippen molar-refractivity contribution in [2.24, 2.45) is 0 Å². The van der Waals surface area contributed by atoms with E-state index in [0.717, 1.165) is 5.56 Å². The predicted octanol–water partition coefficient (Wildman–Crippen LogP) is 4.61. The lowest BCUT2D eigenvalue weighted by Gasteiger charge is -2.33. The lowest BCUT2D eigenvalue weighted by molar-refractivity contribution is -0.159. The van der Waals surface area contributed by atoms with Crippen molar-refractivity contribution in [2.45, 2.75) is 83.7 Å². The molecule has 43 heavy (non-hydrogen) atoms. The average molecular weight is 616 g/mol. The number of esters is 1. The molecule has 3 atom stereocenters. The van der Waals surface area contributed by atoms with Gasteiger partial charge in [-0.2, -0.15) is 11.8 Å². The van der Waals surface area contributed by atoms with Gasteiger partial charge < -0.3 is 30.1 Å². The number of carbonyl (C=O) groups is 4. The number of nitrogens with one attached hydrogen (secondary N) is 2. The second-order valence-corrected chi connectivity index (χ2v) is 13.2. The first-order valence-electron chi connectivity index (χ1n) is 14.1. The van der Waals surface area contributed by atoms with E-state index in [2.05, 4.69) is 10.6 Å². The Morgan fingerprint density at radius 3 is 1.98 bits per heavy atom. The van der Waals surface area contributed by atoms with Gasteiger partial charge in [0.15, 0.2) is 0 Å². The lowest BCUT2D eigenvalue weighted by atomic mass is 10.0. The molecule has 0 heterocycles. The molecule has 0 saturated carbocycles. The van der Waals surface area contributed by atoms with Gasteiger partial charge in [0.25, 0.3) is 0 Å². The number of phenols is 1. The van der Waals surface area contributed by atoms with Crippen molar-refractivity contribution in [1.82, 2.24) is 15.5 Å². The first-order chi connectivity index (χ1) is 20.0. The van der Waals surface area contributed by atoms with Gasteiger partial charge in [-0.15, -0.1) is 0 Å². The molecule has 2 rings (SSSR count). The highest BCUT2D eigenvalue weighted by molar-refractivity contribution is 7.98. The zero-order chi connectivity index (χ0) is 32.4. The maximum Gasteiger partial charge on any atom is 0.408 e. The summed E-state index contributed by atoms with van der Waals surface area (Å²) in [6.07, 6.45) is 1.59. The van der Waals surface area contributed by atoms with Crippen LogP contribution in [-0.4, -0.2) is 76.2 Å². The molecule has 2 aromatic rings. The van der Waals surface area contributed by atoms with Crippen LogP contribution in [0.5, 0.6) is 5.75 Å². The number of alkyl carbamates (subject to hydrolysis) is 1. The summed E-state index contributed by atoms with van der Waals surface area (Å²) in [6, 6.07) is 11.8. The van der Waals surface area contributed by atoms with Crippen LogP contribution in [0.2, 0.25) is 0 Å². The van der Waals surface area contributed by atoms with Gasteiger partial charge in [0.2, 0.25) is 11.8 Å². The van der Waals surface area contributed by atoms with Crippen LogP contribution >= 0.6 is 11.8 Å². The number of phenolic OH excluding ortho intramolecular Hbond substituents is 1. The third kappa shape index (κ3) is 12.2. The molecule has 10 nitrogen and oxygen atoms in total. The maximum atomic E-state index is 14.0. The van der Waals surface area contributed by atoms with Crippen LogP contribution in [0.1, 0.15) is 65.1 Å². The molecule has 0 aromatic heterocycles. The fraction of sp³-hybridized carbons (Fsp3) is 0.500. The highest BCUT2D eigenvalue weighted by Crippen LogP contribution is 2.25. The number of aromatic hydroxyl groups is 1. The van der Waals surface area contributed by atoms with Gasteiger partial charge in [-0.1, -0.05) is 42.5 Å². The van der Waals surface area contributed by atoms with Gasteiger partial charge >= 0.3 is 12.1 Å². The third-order valence-corrected chi connectivity index (χ3v) is 6.73. The number of hydrogen-bond acceptors (Lipinski definition) is 8. The fourth-order valence-corrected chi connectivity index (χ4v) is 4.66. The second kappa shape index (κ2) is 15.7. The van der Waals surface area contributed by atoms with Crippen molar-refractivity contribution in [1.29, 1.82) is 0 Å². The van der Waals surface area contributed by atoms with E-state index in [1.165, 1.54) is 48.0 Å². The molecule has 11 heteroatoms. The van der Waals surface area contributed by atoms with Gasteiger partial charge in [-0.05, 0) is 83.2 Å². The van der Waals surface area contributed by atoms with Crippen molar-refractivity contribution in [2.75, 3.05) is 19.1 Å². The number of ether oxygens (including phenoxy) is 2. The Balaban J connectivity index is 2.44. The van der Waals surface area contributed by atoms with E-state index in [0.29, 0.717) is 17.7 Å². The number of likely N-dealkylation sites (N-methyl/N-ethyl adjacent to an activating group) is 1. The first-order valence-corrected chi connectivity index (χ1v) is 15.5. The van der Waals surface area contributed by atoms with E-state index in [-0.39, 0.29) is 12.2 Å². The van der Waals surface area contributed by atoms with Crippen LogP contribution in [0.15, 0.2) is 54.6 Å². The molecule has 236 valence electrons. The summed E-state index contributed by atoms with van der Waals surface area (Å²) in [6.45, 7) is 10.4. The SMILES string of the molecule is CSCCC(NC(=O)OC(C)(C)C)C(=O)N(C)C(C(=O)NC(Cc1ccccc1)C(=O)OC(C)(C)C)c1ccc(O)cc1. The number of nitrogens with zero attached hydrogens (tertiary/aromatic N) is 1. The summed E-state index contributed by atoms with van der Waals surface area (Å²) >= 11 is 1.51. The number of amides is 3. The molecule has 0 spiro atoms. The van der Waals surface area contributed by atoms with Crippen LogP contribution < -0.4 is 10.6 Å². The highest BCUT2D eigenvalue weighted by atomic mass is 32.2. The number of benzene rings is 2. The molecule has 2 aromatic carbocycles. The van der Waals surface area contributed by atoms with E-state index in [1.807, 2.05) is 36.6 Å². The van der Waals surface area contributed by atoms with Gasteiger partial charge in [0.05, 0.1) is 0 Å². The number of thioether (sulfide) groups is 1. The molecular weight excluding hydrogens is 570 g/mol. The van der Waals surface area contributed by atoms with Crippen LogP contribution in [0.4, 0.5) is 4.79 Å². The van der Waals surface area contributed by atoms with Crippen LogP contribution in [0.25, 0.3) is 0 Å². The molecule has 0 saturated heterocycles. The molecule has 3 unspecified atom stereocenters. The van der Waals surface area contributed by atoms with E-state index in [1.54, 1.807) is 41.5 Å². The zero-order valence-electron chi connectivity index (χ0n) is 26.3. The molecule has 3 N–H and O–H groups in total. The summed E-state index contributed by atoms with van der Waals surface area (Å²) in [5.41, 5.74) is -0.359. The Morgan fingerprint density at radius 1 is 0.860 bits per heavy atom. The molecule has 3 amide bonds. The quantitative estimate of drug-likeness (QED) is 0.295. The van der Waals surface area contributed by atoms with Crippen molar-refractivity contribution < 1.29 is 33.8 Å². The topological polar surface area (TPSA) is 134 Å². The minimum absolute atomic E-state index is 0.0166. The number of carbonyl (C=O) groups excluding carboxylic acids is 4. The van der Waals surface area contributed by atoms with Gasteiger partial charge in [-0.3, -0.25) is 9.59 Å². The molecular formula is C32H45N3O7S. The predicted molar refractivity (Wildman–Crippen MR) is 168 cm³/mol. The normalized spacial score (nSPS) is 13.7. The highest BCUT2D eigenvalue weighted by Gasteiger charge is 2.36. The van der Waals surface area contributed by atoms with Crippen molar-refractivity contribution in [3.63, 3.8) is 0 Å². The summed E-state index contributed by atoms with van der Waals surface area (Å²) < 4.78 is 11.0. The van der Waals surface area contributed by atoms with Crippen LogP contribution in [0.3, 0.4) is 0 Å². The summed E-state index contributed by atoms with van der Waals surface area (Å²) in [4.78, 5) is 55.0. The van der Waals surface area contributed by atoms with E-state index < -0.39 is 53.2 Å². The fourth-order valence-electron chi connectivity index (χ4n) is 4.19.